The molecule has 1 heterocycles. The molecule has 0 fully saturated rings. The molecule has 0 saturated carbocycles. The molecule has 3 rings (SSSR count). The molecule has 1 aliphatic rings. The van der Waals surface area contributed by atoms with Crippen molar-refractivity contribution < 1.29 is 23.7 Å². The van der Waals surface area contributed by atoms with Crippen LogP contribution in [-0.4, -0.2) is 32.8 Å². The van der Waals surface area contributed by atoms with Crippen molar-refractivity contribution in [3.63, 3.8) is 0 Å². The van der Waals surface area contributed by atoms with Crippen molar-refractivity contribution in [2.75, 3.05) is 31.8 Å². The Morgan fingerprint density at radius 1 is 1.20 bits per heavy atom. The maximum absolute atomic E-state index is 12.3. The number of allylic oxidation sites excluding steroid dienone is 1. The van der Waals surface area contributed by atoms with Crippen LogP contribution in [0, 0.1) is 11.3 Å². The summed E-state index contributed by atoms with van der Waals surface area (Å²) in [5.74, 6) is 0.590. The third-order valence-electron chi connectivity index (χ3n) is 4.33. The van der Waals surface area contributed by atoms with Crippen molar-refractivity contribution in [3.8, 4) is 17.6 Å². The predicted octanol–water partition coefficient (Wildman–Crippen LogP) is 3.88. The lowest BCUT2D eigenvalue weighted by atomic mass is 10.2. The van der Waals surface area contributed by atoms with Crippen LogP contribution in [0.1, 0.15) is 12.0 Å². The number of nitriles is 1. The molecule has 0 saturated heterocycles. The average molecular weight is 406 g/mol. The highest BCUT2D eigenvalue weighted by molar-refractivity contribution is 5.73. The van der Waals surface area contributed by atoms with Crippen molar-refractivity contribution in [3.05, 3.63) is 72.3 Å². The van der Waals surface area contributed by atoms with Gasteiger partial charge in [-0.3, -0.25) is 4.79 Å². The highest BCUT2D eigenvalue weighted by atomic mass is 16.6. The Labute approximate surface area is 175 Å². The molecule has 0 aromatic heterocycles. The molecular weight excluding hydrogens is 384 g/mol. The molecule has 0 aliphatic carbocycles. The van der Waals surface area contributed by atoms with Crippen LogP contribution in [0.2, 0.25) is 0 Å². The average Bonchev–Trinajstić information content (AvgIpc) is 3.14. The van der Waals surface area contributed by atoms with Crippen molar-refractivity contribution in [1.29, 1.82) is 5.26 Å². The minimum absolute atomic E-state index is 0.0211. The number of ether oxygens (including phenoxy) is 4. The van der Waals surface area contributed by atoms with Crippen LogP contribution in [0.3, 0.4) is 0 Å². The lowest BCUT2D eigenvalue weighted by Gasteiger charge is -2.18. The van der Waals surface area contributed by atoms with Gasteiger partial charge in [0.05, 0.1) is 25.3 Å². The van der Waals surface area contributed by atoms with Crippen LogP contribution in [-0.2, 0) is 14.3 Å². The van der Waals surface area contributed by atoms with E-state index in [0.29, 0.717) is 24.7 Å². The summed E-state index contributed by atoms with van der Waals surface area (Å²) in [6, 6.07) is 16.6. The van der Waals surface area contributed by atoms with E-state index in [4.69, 9.17) is 18.9 Å². The largest absolute Gasteiger partial charge is 0.493 e. The second kappa shape index (κ2) is 10.1. The number of nitrogens with zero attached hydrogens (tertiary/aromatic N) is 2. The summed E-state index contributed by atoms with van der Waals surface area (Å²) >= 11 is 0. The number of esters is 1. The first kappa shape index (κ1) is 21.0. The standard InChI is InChI=1S/C23H22N2O5/c1-3-17-8-10-18(11-9-17)28-14-12-22(26)29-21(16-24)23-25(13-15-27-2)19-6-4-5-7-20(19)30-23/h3-11H,1,12-15H2,2H3/b23-21-. The Hall–Kier alpha value is -3.76. The van der Waals surface area contributed by atoms with E-state index in [1.807, 2.05) is 36.4 Å². The lowest BCUT2D eigenvalue weighted by molar-refractivity contribution is -0.139. The zero-order chi connectivity index (χ0) is 21.3. The molecule has 154 valence electrons. The number of carbonyl (C=O) groups excluding carboxylic acids is 1. The first-order chi connectivity index (χ1) is 14.7. The van der Waals surface area contributed by atoms with Crippen LogP contribution in [0.4, 0.5) is 5.69 Å². The van der Waals surface area contributed by atoms with E-state index >= 15 is 0 Å². The smallest absolute Gasteiger partial charge is 0.315 e. The summed E-state index contributed by atoms with van der Waals surface area (Å²) in [4.78, 5) is 14.0. The molecule has 7 heteroatoms. The molecule has 0 unspecified atom stereocenters. The van der Waals surface area contributed by atoms with Gasteiger partial charge >= 0.3 is 5.97 Å². The van der Waals surface area contributed by atoms with E-state index in [-0.39, 0.29) is 24.7 Å². The lowest BCUT2D eigenvalue weighted by Crippen LogP contribution is -2.26. The van der Waals surface area contributed by atoms with E-state index in [2.05, 4.69) is 6.58 Å². The number of carbonyl (C=O) groups is 1. The van der Waals surface area contributed by atoms with Gasteiger partial charge in [0.1, 0.15) is 11.8 Å². The number of para-hydroxylation sites is 2. The fourth-order valence-corrected chi connectivity index (χ4v) is 2.84. The Morgan fingerprint density at radius 3 is 2.67 bits per heavy atom. The SMILES string of the molecule is C=Cc1ccc(OCCC(=O)O/C(C#N)=C2\Oc3ccccc3N2CCOC)cc1. The molecule has 0 amide bonds. The summed E-state index contributed by atoms with van der Waals surface area (Å²) in [5, 5.41) is 9.55. The molecule has 7 nitrogen and oxygen atoms in total. The highest BCUT2D eigenvalue weighted by Gasteiger charge is 2.30. The fraction of sp³-hybridized carbons (Fsp3) is 0.217. The number of hydrogen-bond acceptors (Lipinski definition) is 7. The van der Waals surface area contributed by atoms with Gasteiger partial charge in [-0.05, 0) is 29.8 Å². The molecule has 0 bridgehead atoms. The zero-order valence-corrected chi connectivity index (χ0v) is 16.7. The first-order valence-corrected chi connectivity index (χ1v) is 9.40. The van der Waals surface area contributed by atoms with Gasteiger partial charge in [0, 0.05) is 13.7 Å². The Morgan fingerprint density at radius 2 is 1.97 bits per heavy atom. The van der Waals surface area contributed by atoms with Crippen molar-refractivity contribution in [2.45, 2.75) is 6.42 Å². The summed E-state index contributed by atoms with van der Waals surface area (Å²) in [6.45, 7) is 4.66. The molecular formula is C23H22N2O5. The Balaban J connectivity index is 1.64. The van der Waals surface area contributed by atoms with Gasteiger partial charge in [-0.2, -0.15) is 5.26 Å². The highest BCUT2D eigenvalue weighted by Crippen LogP contribution is 2.39. The minimum atomic E-state index is -0.590. The summed E-state index contributed by atoms with van der Waals surface area (Å²) < 4.78 is 21.7. The van der Waals surface area contributed by atoms with Gasteiger partial charge in [-0.25, -0.2) is 0 Å². The number of rotatable bonds is 9. The maximum atomic E-state index is 12.3. The third-order valence-corrected chi connectivity index (χ3v) is 4.33. The molecule has 0 atom stereocenters. The Bertz CT molecular complexity index is 976. The third kappa shape index (κ3) is 4.99. The second-order valence-electron chi connectivity index (χ2n) is 6.31. The number of methoxy groups -OCH3 is 1. The van der Waals surface area contributed by atoms with Gasteiger partial charge in [-0.1, -0.05) is 36.9 Å². The fourth-order valence-electron chi connectivity index (χ4n) is 2.84. The molecule has 30 heavy (non-hydrogen) atoms. The van der Waals surface area contributed by atoms with Crippen LogP contribution in [0.25, 0.3) is 6.08 Å². The van der Waals surface area contributed by atoms with Crippen LogP contribution in [0.5, 0.6) is 11.5 Å². The number of benzene rings is 2. The molecule has 0 N–H and O–H groups in total. The van der Waals surface area contributed by atoms with Crippen LogP contribution in [0.15, 0.2) is 66.8 Å². The Kier molecular flexibility index (Phi) is 7.09. The predicted molar refractivity (Wildman–Crippen MR) is 112 cm³/mol. The topological polar surface area (TPSA) is 81.0 Å². The van der Waals surface area contributed by atoms with Crippen molar-refractivity contribution in [2.24, 2.45) is 0 Å². The molecule has 2 aromatic carbocycles. The molecule has 0 radical (unpaired) electrons. The summed E-state index contributed by atoms with van der Waals surface area (Å²) in [7, 11) is 1.59. The molecule has 2 aromatic rings. The monoisotopic (exact) mass is 406 g/mol. The van der Waals surface area contributed by atoms with E-state index in [1.54, 1.807) is 36.3 Å². The van der Waals surface area contributed by atoms with Crippen molar-refractivity contribution >= 4 is 17.7 Å². The zero-order valence-electron chi connectivity index (χ0n) is 16.7. The molecule has 1 aliphatic heterocycles. The second-order valence-corrected chi connectivity index (χ2v) is 6.31. The van der Waals surface area contributed by atoms with Gasteiger partial charge in [0.25, 0.3) is 11.6 Å². The van der Waals surface area contributed by atoms with Crippen molar-refractivity contribution in [1.82, 2.24) is 0 Å². The normalized spacial score (nSPS) is 13.7. The van der Waals surface area contributed by atoms with Gasteiger partial charge in [0.2, 0.25) is 0 Å². The maximum Gasteiger partial charge on any atom is 0.315 e. The minimum Gasteiger partial charge on any atom is -0.493 e. The van der Waals surface area contributed by atoms with E-state index < -0.39 is 5.97 Å². The van der Waals surface area contributed by atoms with Gasteiger partial charge < -0.3 is 23.8 Å². The van der Waals surface area contributed by atoms with E-state index in [9.17, 15) is 10.1 Å². The number of fused-ring (bicyclic) bond motifs is 1. The number of anilines is 1. The van der Waals surface area contributed by atoms with Crippen LogP contribution >= 0.6 is 0 Å². The summed E-state index contributed by atoms with van der Waals surface area (Å²) in [5.41, 5.74) is 1.75. The quantitative estimate of drug-likeness (QED) is 0.355. The van der Waals surface area contributed by atoms with Gasteiger partial charge in [-0.15, -0.1) is 0 Å². The van der Waals surface area contributed by atoms with E-state index in [1.165, 1.54) is 0 Å². The first-order valence-electron chi connectivity index (χ1n) is 9.40. The van der Waals surface area contributed by atoms with Gasteiger partial charge in [0.15, 0.2) is 5.75 Å². The van der Waals surface area contributed by atoms with E-state index in [0.717, 1.165) is 11.3 Å². The van der Waals surface area contributed by atoms with Crippen LogP contribution < -0.4 is 14.4 Å². The summed E-state index contributed by atoms with van der Waals surface area (Å²) in [6.07, 6.45) is 1.71. The number of hydrogen-bond donors (Lipinski definition) is 0. The molecule has 0 spiro atoms.